The summed E-state index contributed by atoms with van der Waals surface area (Å²) in [4.78, 5) is 2.35. The van der Waals surface area contributed by atoms with Crippen LogP contribution in [0, 0.1) is 0 Å². The van der Waals surface area contributed by atoms with Crippen LogP contribution >= 0.6 is 0 Å². The number of nitrogens with zero attached hydrogens (tertiary/aromatic N) is 1. The Bertz CT molecular complexity index is 322. The highest BCUT2D eigenvalue weighted by molar-refractivity contribution is 5.40. The van der Waals surface area contributed by atoms with E-state index in [9.17, 15) is 0 Å². The molecule has 0 spiro atoms. The van der Waals surface area contributed by atoms with Crippen molar-refractivity contribution in [3.8, 4) is 11.5 Å². The highest BCUT2D eigenvalue weighted by Crippen LogP contribution is 2.25. The molecule has 3 nitrogen and oxygen atoms in total. The summed E-state index contributed by atoms with van der Waals surface area (Å²) >= 11 is 0. The fourth-order valence-corrected chi connectivity index (χ4v) is 1.67. The van der Waals surface area contributed by atoms with Crippen LogP contribution in [0.1, 0.15) is 19.4 Å². The lowest BCUT2D eigenvalue weighted by Gasteiger charge is -2.19. The molecule has 0 aliphatic rings. The molecule has 0 bridgehead atoms. The van der Waals surface area contributed by atoms with Crippen LogP contribution in [-0.2, 0) is 6.54 Å². The smallest absolute Gasteiger partial charge is 0.127 e. The molecule has 0 atom stereocenters. The zero-order valence-electron chi connectivity index (χ0n) is 10.6. The molecular weight excluding hydrogens is 202 g/mol. The van der Waals surface area contributed by atoms with E-state index in [1.54, 1.807) is 14.2 Å². The zero-order valence-corrected chi connectivity index (χ0v) is 10.6. The van der Waals surface area contributed by atoms with E-state index in [0.29, 0.717) is 0 Å². The standard InChI is InChI=1S/C13H21NO2/c1-5-14(6-2)10-11-7-8-12(15-3)9-13(11)16-4/h7-9H,5-6,10H2,1-4H3. The molecule has 0 N–H and O–H groups in total. The molecule has 1 aromatic carbocycles. The van der Waals surface area contributed by atoms with E-state index in [0.717, 1.165) is 31.1 Å². The maximum absolute atomic E-state index is 5.37. The second-order valence-corrected chi connectivity index (χ2v) is 3.64. The van der Waals surface area contributed by atoms with Gasteiger partial charge in [0.15, 0.2) is 0 Å². The first-order chi connectivity index (χ1) is 7.74. The van der Waals surface area contributed by atoms with Gasteiger partial charge >= 0.3 is 0 Å². The maximum atomic E-state index is 5.37. The van der Waals surface area contributed by atoms with E-state index in [1.165, 1.54) is 5.56 Å². The van der Waals surface area contributed by atoms with E-state index < -0.39 is 0 Å². The first kappa shape index (κ1) is 12.8. The second kappa shape index (κ2) is 6.38. The van der Waals surface area contributed by atoms with E-state index in [1.807, 2.05) is 12.1 Å². The van der Waals surface area contributed by atoms with Gasteiger partial charge in [0, 0.05) is 18.2 Å². The lowest BCUT2D eigenvalue weighted by molar-refractivity contribution is 0.288. The first-order valence-electron chi connectivity index (χ1n) is 5.68. The summed E-state index contributed by atoms with van der Waals surface area (Å²) in [5, 5.41) is 0. The summed E-state index contributed by atoms with van der Waals surface area (Å²) in [7, 11) is 3.36. The molecule has 0 unspecified atom stereocenters. The minimum absolute atomic E-state index is 0.833. The summed E-state index contributed by atoms with van der Waals surface area (Å²) in [5.74, 6) is 1.73. The molecule has 0 amide bonds. The van der Waals surface area contributed by atoms with Gasteiger partial charge in [0.25, 0.3) is 0 Å². The van der Waals surface area contributed by atoms with Crippen molar-refractivity contribution in [1.29, 1.82) is 0 Å². The number of hydrogen-bond donors (Lipinski definition) is 0. The molecule has 0 saturated carbocycles. The molecular formula is C13H21NO2. The van der Waals surface area contributed by atoms with Crippen LogP contribution < -0.4 is 9.47 Å². The van der Waals surface area contributed by atoms with Crippen molar-refractivity contribution in [2.24, 2.45) is 0 Å². The number of methoxy groups -OCH3 is 2. The Hall–Kier alpha value is -1.22. The lowest BCUT2D eigenvalue weighted by atomic mass is 10.1. The molecule has 0 aliphatic heterocycles. The molecule has 0 saturated heterocycles. The van der Waals surface area contributed by atoms with Crippen LogP contribution in [0.4, 0.5) is 0 Å². The van der Waals surface area contributed by atoms with Gasteiger partial charge in [-0.25, -0.2) is 0 Å². The number of hydrogen-bond acceptors (Lipinski definition) is 3. The Kier molecular flexibility index (Phi) is 5.12. The summed E-state index contributed by atoms with van der Waals surface area (Å²) in [6.45, 7) is 7.34. The predicted molar refractivity (Wildman–Crippen MR) is 66.2 cm³/mol. The molecule has 1 rings (SSSR count). The van der Waals surface area contributed by atoms with Crippen molar-refractivity contribution < 1.29 is 9.47 Å². The normalized spacial score (nSPS) is 10.6. The van der Waals surface area contributed by atoms with Gasteiger partial charge in [0.05, 0.1) is 14.2 Å². The van der Waals surface area contributed by atoms with Crippen LogP contribution in [0.5, 0.6) is 11.5 Å². The van der Waals surface area contributed by atoms with Gasteiger partial charge in [-0.15, -0.1) is 0 Å². The Labute approximate surface area is 98.0 Å². The summed E-state index contributed by atoms with van der Waals surface area (Å²) in [6, 6.07) is 5.97. The predicted octanol–water partition coefficient (Wildman–Crippen LogP) is 2.55. The minimum atomic E-state index is 0.833. The van der Waals surface area contributed by atoms with Crippen molar-refractivity contribution in [1.82, 2.24) is 4.90 Å². The molecule has 16 heavy (non-hydrogen) atoms. The lowest BCUT2D eigenvalue weighted by Crippen LogP contribution is -2.22. The van der Waals surface area contributed by atoms with Crippen LogP contribution in [0.3, 0.4) is 0 Å². The topological polar surface area (TPSA) is 21.7 Å². The SMILES string of the molecule is CCN(CC)Cc1ccc(OC)cc1OC. The Morgan fingerprint density at radius 3 is 2.25 bits per heavy atom. The van der Waals surface area contributed by atoms with Gasteiger partial charge < -0.3 is 9.47 Å². The average molecular weight is 223 g/mol. The highest BCUT2D eigenvalue weighted by atomic mass is 16.5. The van der Waals surface area contributed by atoms with Gasteiger partial charge in [-0.3, -0.25) is 4.90 Å². The largest absolute Gasteiger partial charge is 0.497 e. The highest BCUT2D eigenvalue weighted by Gasteiger charge is 2.08. The Morgan fingerprint density at radius 2 is 1.75 bits per heavy atom. The molecule has 0 heterocycles. The quantitative estimate of drug-likeness (QED) is 0.739. The summed E-state index contributed by atoms with van der Waals surface area (Å²) in [5.41, 5.74) is 1.20. The average Bonchev–Trinajstić information content (AvgIpc) is 2.35. The third-order valence-corrected chi connectivity index (χ3v) is 2.78. The van der Waals surface area contributed by atoms with Gasteiger partial charge in [-0.1, -0.05) is 19.9 Å². The number of ether oxygens (including phenoxy) is 2. The van der Waals surface area contributed by atoms with E-state index in [2.05, 4.69) is 24.8 Å². The van der Waals surface area contributed by atoms with E-state index in [-0.39, 0.29) is 0 Å². The Morgan fingerprint density at radius 1 is 1.06 bits per heavy atom. The van der Waals surface area contributed by atoms with Crippen molar-refractivity contribution in [3.05, 3.63) is 23.8 Å². The monoisotopic (exact) mass is 223 g/mol. The van der Waals surface area contributed by atoms with E-state index >= 15 is 0 Å². The second-order valence-electron chi connectivity index (χ2n) is 3.64. The number of rotatable bonds is 6. The molecule has 90 valence electrons. The van der Waals surface area contributed by atoms with Gasteiger partial charge in [0.2, 0.25) is 0 Å². The van der Waals surface area contributed by atoms with Crippen LogP contribution in [-0.4, -0.2) is 32.2 Å². The van der Waals surface area contributed by atoms with Crippen LogP contribution in [0.2, 0.25) is 0 Å². The molecule has 3 heteroatoms. The third-order valence-electron chi connectivity index (χ3n) is 2.78. The van der Waals surface area contributed by atoms with Crippen LogP contribution in [0.25, 0.3) is 0 Å². The van der Waals surface area contributed by atoms with Crippen LogP contribution in [0.15, 0.2) is 18.2 Å². The molecule has 0 fully saturated rings. The summed E-state index contributed by atoms with van der Waals surface area (Å²) in [6.07, 6.45) is 0. The van der Waals surface area contributed by atoms with Gasteiger partial charge in [0.1, 0.15) is 11.5 Å². The molecule has 0 aliphatic carbocycles. The van der Waals surface area contributed by atoms with E-state index in [4.69, 9.17) is 9.47 Å². The molecule has 1 aromatic rings. The molecule has 0 radical (unpaired) electrons. The fraction of sp³-hybridized carbons (Fsp3) is 0.538. The van der Waals surface area contributed by atoms with Gasteiger partial charge in [-0.2, -0.15) is 0 Å². The summed E-state index contributed by atoms with van der Waals surface area (Å²) < 4.78 is 10.5. The zero-order chi connectivity index (χ0) is 12.0. The minimum Gasteiger partial charge on any atom is -0.497 e. The van der Waals surface area contributed by atoms with Crippen molar-refractivity contribution >= 4 is 0 Å². The van der Waals surface area contributed by atoms with Crippen molar-refractivity contribution in [2.45, 2.75) is 20.4 Å². The molecule has 0 aromatic heterocycles. The fourth-order valence-electron chi connectivity index (χ4n) is 1.67. The third kappa shape index (κ3) is 3.14. The van der Waals surface area contributed by atoms with Crippen molar-refractivity contribution in [2.75, 3.05) is 27.3 Å². The number of benzene rings is 1. The van der Waals surface area contributed by atoms with Gasteiger partial charge in [-0.05, 0) is 19.2 Å². The Balaban J connectivity index is 2.86. The van der Waals surface area contributed by atoms with Crippen molar-refractivity contribution in [3.63, 3.8) is 0 Å². The first-order valence-corrected chi connectivity index (χ1v) is 5.68. The maximum Gasteiger partial charge on any atom is 0.127 e.